The molecule has 1 aliphatic heterocycles. The van der Waals surface area contributed by atoms with Crippen LogP contribution in [0.3, 0.4) is 0 Å². The number of nitrogens with two attached hydrogens (primary N) is 1. The molecule has 1 fully saturated rings. The fourth-order valence-corrected chi connectivity index (χ4v) is 2.36. The molecule has 4 heteroatoms. The topological polar surface area (TPSA) is 58.7 Å². The lowest BCUT2D eigenvalue weighted by Gasteiger charge is -2.16. The van der Waals surface area contributed by atoms with Crippen LogP contribution in [0.15, 0.2) is 24.3 Å². The highest BCUT2D eigenvalue weighted by Crippen LogP contribution is 2.18. The van der Waals surface area contributed by atoms with Crippen LogP contribution in [0.5, 0.6) is 5.75 Å². The smallest absolute Gasteiger partial charge is 0.123 e. The second kappa shape index (κ2) is 6.73. The Morgan fingerprint density at radius 3 is 2.94 bits per heavy atom. The number of ether oxygens (including phenoxy) is 1. The molecule has 18 heavy (non-hydrogen) atoms. The lowest BCUT2D eigenvalue weighted by Crippen LogP contribution is -2.26. The van der Waals surface area contributed by atoms with Gasteiger partial charge in [-0.3, -0.25) is 4.90 Å². The predicted octanol–water partition coefficient (Wildman–Crippen LogP) is 0.838. The van der Waals surface area contributed by atoms with Crippen molar-refractivity contribution < 1.29 is 9.84 Å². The minimum atomic E-state index is 0.299. The van der Waals surface area contributed by atoms with Crippen LogP contribution >= 0.6 is 0 Å². The molecule has 0 radical (unpaired) electrons. The van der Waals surface area contributed by atoms with Gasteiger partial charge in [0.25, 0.3) is 0 Å². The van der Waals surface area contributed by atoms with E-state index < -0.39 is 0 Å². The molecule has 0 saturated carbocycles. The van der Waals surface area contributed by atoms with Crippen molar-refractivity contribution in [3.63, 3.8) is 0 Å². The third-order valence-corrected chi connectivity index (χ3v) is 3.49. The first-order valence-electron chi connectivity index (χ1n) is 6.57. The van der Waals surface area contributed by atoms with E-state index in [4.69, 9.17) is 15.6 Å². The molecular weight excluding hydrogens is 228 g/mol. The van der Waals surface area contributed by atoms with Gasteiger partial charge in [0.2, 0.25) is 0 Å². The predicted molar refractivity (Wildman–Crippen MR) is 71.5 cm³/mol. The van der Waals surface area contributed by atoms with Crippen LogP contribution in [-0.2, 0) is 6.54 Å². The zero-order valence-electron chi connectivity index (χ0n) is 10.7. The monoisotopic (exact) mass is 250 g/mol. The summed E-state index contributed by atoms with van der Waals surface area (Å²) in [7, 11) is 0. The van der Waals surface area contributed by atoms with E-state index in [0.717, 1.165) is 37.4 Å². The Balaban J connectivity index is 1.75. The lowest BCUT2D eigenvalue weighted by atomic mass is 10.1. The maximum absolute atomic E-state index is 9.08. The molecule has 1 unspecified atom stereocenters. The molecule has 0 bridgehead atoms. The van der Waals surface area contributed by atoms with Gasteiger partial charge in [-0.25, -0.2) is 0 Å². The first-order chi connectivity index (χ1) is 8.83. The normalized spacial score (nSPS) is 20.2. The summed E-state index contributed by atoms with van der Waals surface area (Å²) >= 11 is 0. The highest BCUT2D eigenvalue weighted by Gasteiger charge is 2.21. The van der Waals surface area contributed by atoms with E-state index in [-0.39, 0.29) is 0 Å². The van der Waals surface area contributed by atoms with Crippen molar-refractivity contribution in [2.45, 2.75) is 13.0 Å². The molecule has 0 aliphatic carbocycles. The molecule has 3 N–H and O–H groups in total. The molecule has 0 amide bonds. The molecule has 0 aromatic heterocycles. The van der Waals surface area contributed by atoms with Crippen molar-refractivity contribution in [1.82, 2.24) is 4.90 Å². The molecule has 1 aliphatic rings. The van der Waals surface area contributed by atoms with Crippen LogP contribution in [-0.4, -0.2) is 42.9 Å². The van der Waals surface area contributed by atoms with Gasteiger partial charge in [0, 0.05) is 31.8 Å². The number of nitrogens with zero attached hydrogens (tertiary/aromatic N) is 1. The third kappa shape index (κ3) is 3.45. The van der Waals surface area contributed by atoms with Gasteiger partial charge in [-0.2, -0.15) is 0 Å². The number of para-hydroxylation sites is 1. The fourth-order valence-electron chi connectivity index (χ4n) is 2.36. The van der Waals surface area contributed by atoms with Crippen molar-refractivity contribution >= 4 is 0 Å². The summed E-state index contributed by atoms with van der Waals surface area (Å²) < 4.78 is 5.77. The molecule has 100 valence electrons. The number of aliphatic hydroxyl groups excluding tert-OH is 1. The average molecular weight is 250 g/mol. The SMILES string of the molecule is NCc1ccccc1OCCN1CCC(CO)C1. The van der Waals surface area contributed by atoms with Gasteiger partial charge >= 0.3 is 0 Å². The van der Waals surface area contributed by atoms with E-state index in [0.29, 0.717) is 25.7 Å². The highest BCUT2D eigenvalue weighted by atomic mass is 16.5. The summed E-state index contributed by atoms with van der Waals surface area (Å²) in [6.45, 7) is 4.44. The Morgan fingerprint density at radius 2 is 2.22 bits per heavy atom. The Bertz CT molecular complexity index is 371. The van der Waals surface area contributed by atoms with Crippen LogP contribution in [0.25, 0.3) is 0 Å². The number of likely N-dealkylation sites (tertiary alicyclic amines) is 1. The first-order valence-corrected chi connectivity index (χ1v) is 6.57. The van der Waals surface area contributed by atoms with Crippen molar-refractivity contribution in [2.75, 3.05) is 32.8 Å². The standard InChI is InChI=1S/C14H22N2O2/c15-9-13-3-1-2-4-14(13)18-8-7-16-6-5-12(10-16)11-17/h1-4,12,17H,5-11,15H2. The number of rotatable bonds is 6. The summed E-state index contributed by atoms with van der Waals surface area (Å²) in [4.78, 5) is 2.34. The van der Waals surface area contributed by atoms with Crippen molar-refractivity contribution in [1.29, 1.82) is 0 Å². The van der Waals surface area contributed by atoms with E-state index in [2.05, 4.69) is 4.90 Å². The first kappa shape index (κ1) is 13.3. The molecule has 1 saturated heterocycles. The Kier molecular flexibility index (Phi) is 4.99. The van der Waals surface area contributed by atoms with Crippen LogP contribution in [0, 0.1) is 5.92 Å². The van der Waals surface area contributed by atoms with Crippen LogP contribution in [0.2, 0.25) is 0 Å². The van der Waals surface area contributed by atoms with E-state index in [1.807, 2.05) is 24.3 Å². The van der Waals surface area contributed by atoms with Gasteiger partial charge in [0.1, 0.15) is 12.4 Å². The van der Waals surface area contributed by atoms with Gasteiger partial charge in [-0.15, -0.1) is 0 Å². The van der Waals surface area contributed by atoms with E-state index in [9.17, 15) is 0 Å². The van der Waals surface area contributed by atoms with Gasteiger partial charge in [-0.05, 0) is 24.9 Å². The zero-order valence-corrected chi connectivity index (χ0v) is 10.7. The minimum Gasteiger partial charge on any atom is -0.492 e. The Labute approximate surface area is 108 Å². The van der Waals surface area contributed by atoms with Gasteiger partial charge < -0.3 is 15.6 Å². The molecule has 4 nitrogen and oxygen atoms in total. The zero-order chi connectivity index (χ0) is 12.8. The number of benzene rings is 1. The van der Waals surface area contributed by atoms with Gasteiger partial charge in [-0.1, -0.05) is 18.2 Å². The van der Waals surface area contributed by atoms with Crippen molar-refractivity contribution in [3.05, 3.63) is 29.8 Å². The second-order valence-corrected chi connectivity index (χ2v) is 4.80. The van der Waals surface area contributed by atoms with Gasteiger partial charge in [0.15, 0.2) is 0 Å². The van der Waals surface area contributed by atoms with Crippen LogP contribution in [0.4, 0.5) is 0 Å². The Morgan fingerprint density at radius 1 is 1.39 bits per heavy atom. The van der Waals surface area contributed by atoms with E-state index >= 15 is 0 Å². The summed E-state index contributed by atoms with van der Waals surface area (Å²) in [6.07, 6.45) is 1.09. The maximum Gasteiger partial charge on any atom is 0.123 e. The summed E-state index contributed by atoms with van der Waals surface area (Å²) in [6, 6.07) is 7.89. The lowest BCUT2D eigenvalue weighted by molar-refractivity contribution is 0.204. The molecule has 0 spiro atoms. The molecule has 1 heterocycles. The van der Waals surface area contributed by atoms with Crippen LogP contribution < -0.4 is 10.5 Å². The number of hydrogen-bond acceptors (Lipinski definition) is 4. The average Bonchev–Trinajstić information content (AvgIpc) is 2.87. The fraction of sp³-hybridized carbons (Fsp3) is 0.571. The van der Waals surface area contributed by atoms with Crippen molar-refractivity contribution in [2.24, 2.45) is 11.7 Å². The molecule has 2 rings (SSSR count). The largest absolute Gasteiger partial charge is 0.492 e. The third-order valence-electron chi connectivity index (χ3n) is 3.49. The maximum atomic E-state index is 9.08. The number of aliphatic hydroxyl groups is 1. The minimum absolute atomic E-state index is 0.299. The van der Waals surface area contributed by atoms with Gasteiger partial charge in [0.05, 0.1) is 0 Å². The van der Waals surface area contributed by atoms with E-state index in [1.54, 1.807) is 0 Å². The molecule has 1 aromatic carbocycles. The molecule has 1 aromatic rings. The quantitative estimate of drug-likeness (QED) is 0.785. The Hall–Kier alpha value is -1.10. The van der Waals surface area contributed by atoms with E-state index in [1.165, 1.54) is 0 Å². The van der Waals surface area contributed by atoms with Crippen molar-refractivity contribution in [3.8, 4) is 5.75 Å². The molecular formula is C14H22N2O2. The van der Waals surface area contributed by atoms with Crippen LogP contribution in [0.1, 0.15) is 12.0 Å². The second-order valence-electron chi connectivity index (χ2n) is 4.80. The highest BCUT2D eigenvalue weighted by molar-refractivity contribution is 5.32. The molecule has 1 atom stereocenters. The summed E-state index contributed by atoms with van der Waals surface area (Å²) in [5, 5.41) is 9.08. The summed E-state index contributed by atoms with van der Waals surface area (Å²) in [5.41, 5.74) is 6.71. The number of hydrogen-bond donors (Lipinski definition) is 2. The summed E-state index contributed by atoms with van der Waals surface area (Å²) in [5.74, 6) is 1.33.